The minimum atomic E-state index is -0.347. The Morgan fingerprint density at radius 1 is 1.32 bits per heavy atom. The molecule has 0 amide bonds. The van der Waals surface area contributed by atoms with Gasteiger partial charge in [-0.05, 0) is 38.0 Å². The van der Waals surface area contributed by atoms with Crippen molar-refractivity contribution in [1.82, 2.24) is 10.1 Å². The van der Waals surface area contributed by atoms with Gasteiger partial charge in [0.2, 0.25) is 0 Å². The van der Waals surface area contributed by atoms with E-state index in [0.717, 1.165) is 25.7 Å². The molecule has 2 aliphatic carbocycles. The molecular weight excluding hydrogens is 242 g/mol. The average Bonchev–Trinajstić information content (AvgIpc) is 2.84. The van der Waals surface area contributed by atoms with Crippen molar-refractivity contribution < 1.29 is 9.26 Å². The van der Waals surface area contributed by atoms with Crippen molar-refractivity contribution in [3.8, 4) is 0 Å². The monoisotopic (exact) mass is 265 g/mol. The number of nitrogens with two attached hydrogens (primary N) is 1. The lowest BCUT2D eigenvalue weighted by atomic mass is 9.77. The van der Waals surface area contributed by atoms with Crippen molar-refractivity contribution in [3.05, 3.63) is 11.7 Å². The first-order chi connectivity index (χ1) is 9.17. The van der Waals surface area contributed by atoms with Crippen LogP contribution < -0.4 is 5.73 Å². The van der Waals surface area contributed by atoms with Crippen LogP contribution in [0.15, 0.2) is 4.52 Å². The summed E-state index contributed by atoms with van der Waals surface area (Å²) >= 11 is 0. The van der Waals surface area contributed by atoms with Gasteiger partial charge in [-0.15, -0.1) is 0 Å². The van der Waals surface area contributed by atoms with Gasteiger partial charge in [-0.1, -0.05) is 24.9 Å². The van der Waals surface area contributed by atoms with Crippen LogP contribution in [0.1, 0.15) is 63.6 Å². The van der Waals surface area contributed by atoms with E-state index in [1.807, 2.05) is 0 Å². The molecule has 0 aromatic carbocycles. The molecule has 0 bridgehead atoms. The Balaban J connectivity index is 1.55. The Labute approximate surface area is 113 Å². The Kier molecular flexibility index (Phi) is 3.58. The maximum Gasteiger partial charge on any atom is 0.252 e. The number of hydrogen-bond donors (Lipinski definition) is 1. The van der Waals surface area contributed by atoms with Crippen LogP contribution in [0.25, 0.3) is 0 Å². The fourth-order valence-electron chi connectivity index (χ4n) is 3.01. The molecule has 3 rings (SSSR count). The lowest BCUT2D eigenvalue weighted by molar-refractivity contribution is -0.0252. The number of ether oxygens (including phenoxy) is 1. The second-order valence-electron chi connectivity index (χ2n) is 6.13. The molecule has 2 saturated carbocycles. The topological polar surface area (TPSA) is 74.2 Å². The summed E-state index contributed by atoms with van der Waals surface area (Å²) in [5.74, 6) is 1.84. The first kappa shape index (κ1) is 13.1. The largest absolute Gasteiger partial charge is 0.368 e. The molecule has 1 aromatic heterocycles. The molecule has 0 spiro atoms. The lowest BCUT2D eigenvalue weighted by Gasteiger charge is -2.34. The van der Waals surface area contributed by atoms with E-state index in [1.165, 1.54) is 19.3 Å². The minimum Gasteiger partial charge on any atom is -0.368 e. The molecule has 2 N–H and O–H groups in total. The van der Waals surface area contributed by atoms with Crippen molar-refractivity contribution >= 4 is 0 Å². The fourth-order valence-corrected chi connectivity index (χ4v) is 3.01. The third-order valence-corrected chi connectivity index (χ3v) is 4.61. The van der Waals surface area contributed by atoms with E-state index in [0.29, 0.717) is 30.3 Å². The number of nitrogens with zero attached hydrogens (tertiary/aromatic N) is 2. The highest BCUT2D eigenvalue weighted by molar-refractivity contribution is 5.08. The number of hydrogen-bond acceptors (Lipinski definition) is 5. The molecule has 5 heteroatoms. The van der Waals surface area contributed by atoms with Crippen LogP contribution in [-0.4, -0.2) is 16.2 Å². The highest BCUT2D eigenvalue weighted by atomic mass is 16.5. The van der Waals surface area contributed by atoms with E-state index in [1.54, 1.807) is 0 Å². The van der Waals surface area contributed by atoms with Gasteiger partial charge < -0.3 is 15.0 Å². The molecule has 2 fully saturated rings. The smallest absolute Gasteiger partial charge is 0.252 e. The van der Waals surface area contributed by atoms with E-state index in [9.17, 15) is 0 Å². The van der Waals surface area contributed by atoms with E-state index < -0.39 is 0 Å². The zero-order chi connectivity index (χ0) is 13.3. The van der Waals surface area contributed by atoms with E-state index in [4.69, 9.17) is 15.0 Å². The van der Waals surface area contributed by atoms with Crippen LogP contribution in [0, 0.1) is 5.92 Å². The summed E-state index contributed by atoms with van der Waals surface area (Å²) < 4.78 is 11.2. The molecule has 1 aromatic rings. The fraction of sp³-hybridized carbons (Fsp3) is 0.857. The summed E-state index contributed by atoms with van der Waals surface area (Å²) in [6.07, 6.45) is 8.36. The first-order valence-corrected chi connectivity index (χ1v) is 7.41. The highest BCUT2D eigenvalue weighted by Crippen LogP contribution is 2.37. The van der Waals surface area contributed by atoms with Crippen molar-refractivity contribution in [2.45, 2.75) is 70.1 Å². The average molecular weight is 265 g/mol. The summed E-state index contributed by atoms with van der Waals surface area (Å²) in [4.78, 5) is 4.39. The van der Waals surface area contributed by atoms with Gasteiger partial charge in [0.15, 0.2) is 5.82 Å². The Bertz CT molecular complexity index is 428. The third kappa shape index (κ3) is 2.67. The molecule has 0 radical (unpaired) electrons. The molecule has 1 heterocycles. The third-order valence-electron chi connectivity index (χ3n) is 4.61. The van der Waals surface area contributed by atoms with Gasteiger partial charge in [-0.25, -0.2) is 0 Å². The molecule has 2 aliphatic rings. The SMILES string of the molecule is CC1CCCCC1OCc1nc(C2(N)CCC2)no1. The quantitative estimate of drug-likeness (QED) is 0.905. The first-order valence-electron chi connectivity index (χ1n) is 7.41. The molecule has 2 unspecified atom stereocenters. The predicted octanol–water partition coefficient (Wildman–Crippen LogP) is 2.50. The summed E-state index contributed by atoms with van der Waals surface area (Å²) in [5, 5.41) is 4.00. The maximum absolute atomic E-state index is 6.17. The normalized spacial score (nSPS) is 30.0. The molecular formula is C14H23N3O2. The van der Waals surface area contributed by atoms with Crippen LogP contribution in [0.5, 0.6) is 0 Å². The van der Waals surface area contributed by atoms with E-state index >= 15 is 0 Å². The van der Waals surface area contributed by atoms with E-state index in [-0.39, 0.29) is 5.54 Å². The maximum atomic E-state index is 6.17. The summed E-state index contributed by atoms with van der Waals surface area (Å²) in [6, 6.07) is 0. The second-order valence-corrected chi connectivity index (χ2v) is 6.13. The molecule has 2 atom stereocenters. The molecule has 5 nitrogen and oxygen atoms in total. The van der Waals surface area contributed by atoms with Crippen molar-refractivity contribution in [1.29, 1.82) is 0 Å². The Hall–Kier alpha value is -0.940. The van der Waals surface area contributed by atoms with Gasteiger partial charge in [0.05, 0.1) is 11.6 Å². The predicted molar refractivity (Wildman–Crippen MR) is 70.2 cm³/mol. The zero-order valence-corrected chi connectivity index (χ0v) is 11.6. The highest BCUT2D eigenvalue weighted by Gasteiger charge is 2.39. The van der Waals surface area contributed by atoms with Crippen LogP contribution >= 0.6 is 0 Å². The van der Waals surface area contributed by atoms with Crippen molar-refractivity contribution in [2.24, 2.45) is 11.7 Å². The van der Waals surface area contributed by atoms with Gasteiger partial charge in [0.25, 0.3) is 5.89 Å². The van der Waals surface area contributed by atoms with Crippen LogP contribution in [0.4, 0.5) is 0 Å². The van der Waals surface area contributed by atoms with Crippen LogP contribution in [0.2, 0.25) is 0 Å². The summed E-state index contributed by atoms with van der Waals surface area (Å²) in [5.41, 5.74) is 5.83. The van der Waals surface area contributed by atoms with Gasteiger partial charge in [-0.3, -0.25) is 0 Å². The second kappa shape index (κ2) is 5.21. The molecule has 0 aliphatic heterocycles. The Morgan fingerprint density at radius 2 is 2.11 bits per heavy atom. The van der Waals surface area contributed by atoms with Crippen molar-refractivity contribution in [3.63, 3.8) is 0 Å². The molecule has 106 valence electrons. The van der Waals surface area contributed by atoms with Crippen molar-refractivity contribution in [2.75, 3.05) is 0 Å². The van der Waals surface area contributed by atoms with E-state index in [2.05, 4.69) is 17.1 Å². The summed E-state index contributed by atoms with van der Waals surface area (Å²) in [6.45, 7) is 2.67. The van der Waals surface area contributed by atoms with Gasteiger partial charge >= 0.3 is 0 Å². The molecule has 19 heavy (non-hydrogen) atoms. The van der Waals surface area contributed by atoms with Crippen LogP contribution in [-0.2, 0) is 16.9 Å². The van der Waals surface area contributed by atoms with Gasteiger partial charge in [0, 0.05) is 0 Å². The number of aromatic nitrogens is 2. The summed E-state index contributed by atoms with van der Waals surface area (Å²) in [7, 11) is 0. The van der Waals surface area contributed by atoms with Gasteiger partial charge in [0.1, 0.15) is 6.61 Å². The Morgan fingerprint density at radius 3 is 2.79 bits per heavy atom. The lowest BCUT2D eigenvalue weighted by Crippen LogP contribution is -2.44. The number of rotatable bonds is 4. The zero-order valence-electron chi connectivity index (χ0n) is 11.6. The van der Waals surface area contributed by atoms with Crippen LogP contribution in [0.3, 0.4) is 0 Å². The van der Waals surface area contributed by atoms with Gasteiger partial charge in [-0.2, -0.15) is 4.98 Å². The molecule has 0 saturated heterocycles. The minimum absolute atomic E-state index is 0.333. The standard InChI is InChI=1S/C14H23N3O2/c1-10-5-2-3-6-11(10)18-9-12-16-13(17-19-12)14(15)7-4-8-14/h10-11H,2-9,15H2,1H3.